The van der Waals surface area contributed by atoms with Crippen molar-refractivity contribution >= 4 is 39.6 Å². The van der Waals surface area contributed by atoms with Gasteiger partial charge in [-0.15, -0.1) is 22.7 Å². The molecule has 26 heavy (non-hydrogen) atoms. The second kappa shape index (κ2) is 9.25. The number of thiophene rings is 1. The lowest BCUT2D eigenvalue weighted by Gasteiger charge is -2.04. The third kappa shape index (κ3) is 5.78. The van der Waals surface area contributed by atoms with E-state index in [0.717, 1.165) is 17.8 Å². The Morgan fingerprint density at radius 3 is 2.88 bits per heavy atom. The smallest absolute Gasteiger partial charge is 0.231 e. The molecule has 0 aromatic carbocycles. The Balaban J connectivity index is 1.37. The summed E-state index contributed by atoms with van der Waals surface area (Å²) in [4.78, 5) is 33.2. The number of nitrogens with zero attached hydrogens (tertiary/aromatic N) is 3. The van der Waals surface area contributed by atoms with E-state index in [-0.39, 0.29) is 18.2 Å². The van der Waals surface area contributed by atoms with Gasteiger partial charge in [0, 0.05) is 35.7 Å². The van der Waals surface area contributed by atoms with Crippen LogP contribution >= 0.6 is 22.7 Å². The first kappa shape index (κ1) is 18.3. The topological polar surface area (TPSA) is 88.9 Å². The van der Waals surface area contributed by atoms with E-state index in [0.29, 0.717) is 23.8 Å². The molecule has 136 valence electrons. The first-order chi connectivity index (χ1) is 12.7. The third-order valence-electron chi connectivity index (χ3n) is 3.53. The molecule has 3 heterocycles. The van der Waals surface area contributed by atoms with Crippen molar-refractivity contribution in [3.05, 3.63) is 52.2 Å². The molecule has 0 atom stereocenters. The number of amides is 2. The highest BCUT2D eigenvalue weighted by Crippen LogP contribution is 2.17. The number of imidazole rings is 1. The van der Waals surface area contributed by atoms with Crippen LogP contribution in [0.25, 0.3) is 0 Å². The molecule has 2 amide bonds. The van der Waals surface area contributed by atoms with E-state index in [9.17, 15) is 9.59 Å². The fourth-order valence-electron chi connectivity index (χ4n) is 2.32. The lowest BCUT2D eigenvalue weighted by atomic mass is 10.3. The Kier molecular flexibility index (Phi) is 6.50. The molecule has 0 saturated heterocycles. The summed E-state index contributed by atoms with van der Waals surface area (Å²) in [6, 6.07) is 3.84. The number of carbonyl (C=O) groups excluding carboxylic acids is 2. The van der Waals surface area contributed by atoms with Gasteiger partial charge in [0.25, 0.3) is 0 Å². The lowest BCUT2D eigenvalue weighted by Crippen LogP contribution is -2.26. The second-order valence-corrected chi connectivity index (χ2v) is 7.52. The fraction of sp³-hybridized carbons (Fsp3) is 0.294. The summed E-state index contributed by atoms with van der Waals surface area (Å²) in [5.41, 5.74) is 0.661. The number of aromatic nitrogens is 3. The normalized spacial score (nSPS) is 10.6. The van der Waals surface area contributed by atoms with Gasteiger partial charge in [0.2, 0.25) is 11.8 Å². The number of anilines is 1. The number of aryl methyl sites for hydroxylation is 1. The van der Waals surface area contributed by atoms with Gasteiger partial charge in [-0.05, 0) is 17.9 Å². The predicted octanol–water partition coefficient (Wildman–Crippen LogP) is 2.33. The molecule has 0 spiro atoms. The van der Waals surface area contributed by atoms with Gasteiger partial charge in [-0.2, -0.15) is 0 Å². The molecule has 2 N–H and O–H groups in total. The Labute approximate surface area is 159 Å². The molecule has 3 rings (SSSR count). The molecule has 7 nitrogen and oxygen atoms in total. The van der Waals surface area contributed by atoms with Crippen molar-refractivity contribution in [2.45, 2.75) is 25.8 Å². The predicted molar refractivity (Wildman–Crippen MR) is 102 cm³/mol. The molecule has 0 bridgehead atoms. The average molecular weight is 390 g/mol. The zero-order valence-corrected chi connectivity index (χ0v) is 15.7. The molecule has 0 unspecified atom stereocenters. The molecular formula is C17H19N5O2S2. The third-order valence-corrected chi connectivity index (χ3v) is 5.21. The highest BCUT2D eigenvalue weighted by Gasteiger charge is 2.10. The molecule has 9 heteroatoms. The van der Waals surface area contributed by atoms with Gasteiger partial charge in [-0.25, -0.2) is 9.97 Å². The van der Waals surface area contributed by atoms with E-state index in [2.05, 4.69) is 20.6 Å². The van der Waals surface area contributed by atoms with Crippen LogP contribution in [0, 0.1) is 0 Å². The van der Waals surface area contributed by atoms with Crippen LogP contribution in [0.3, 0.4) is 0 Å². The molecule has 0 fully saturated rings. The van der Waals surface area contributed by atoms with Crippen molar-refractivity contribution in [3.63, 3.8) is 0 Å². The Hall–Kier alpha value is -2.52. The molecule has 0 aliphatic heterocycles. The second-order valence-electron chi connectivity index (χ2n) is 5.63. The first-order valence-electron chi connectivity index (χ1n) is 8.18. The number of hydrogen-bond acceptors (Lipinski definition) is 6. The van der Waals surface area contributed by atoms with Crippen LogP contribution in [0.4, 0.5) is 5.13 Å². The molecular weight excluding hydrogens is 370 g/mol. The Bertz CT molecular complexity index is 827. The molecule has 3 aromatic rings. The van der Waals surface area contributed by atoms with Crippen LogP contribution in [0.5, 0.6) is 0 Å². The van der Waals surface area contributed by atoms with Gasteiger partial charge in [-0.3, -0.25) is 9.59 Å². The number of hydrogen-bond donors (Lipinski definition) is 2. The monoisotopic (exact) mass is 389 g/mol. The molecule has 0 aliphatic rings. The number of nitrogens with one attached hydrogen (secondary N) is 2. The molecule has 3 aromatic heterocycles. The summed E-state index contributed by atoms with van der Waals surface area (Å²) < 4.78 is 1.97. The zero-order valence-electron chi connectivity index (χ0n) is 14.1. The minimum Gasteiger partial charge on any atom is -0.356 e. The van der Waals surface area contributed by atoms with E-state index in [1.165, 1.54) is 11.3 Å². The van der Waals surface area contributed by atoms with Gasteiger partial charge in [0.15, 0.2) is 5.13 Å². The standard InChI is InChI=1S/C17H19N5O2S2/c23-15(19-4-2-6-22-7-5-18-12-22)9-13-11-26-17(20-13)21-16(24)10-14-3-1-8-25-14/h1,3,5,7-8,11-12H,2,4,6,9-10H2,(H,19,23)(H,20,21,24). The van der Waals surface area contributed by atoms with Gasteiger partial charge in [0.1, 0.15) is 0 Å². The van der Waals surface area contributed by atoms with Crippen molar-refractivity contribution in [1.82, 2.24) is 19.9 Å². The number of carbonyl (C=O) groups is 2. The minimum atomic E-state index is -0.0997. The largest absolute Gasteiger partial charge is 0.356 e. The summed E-state index contributed by atoms with van der Waals surface area (Å²) in [5, 5.41) is 9.92. The lowest BCUT2D eigenvalue weighted by molar-refractivity contribution is -0.120. The van der Waals surface area contributed by atoms with Crippen LogP contribution < -0.4 is 10.6 Å². The fourth-order valence-corrected chi connectivity index (χ4v) is 3.75. The van der Waals surface area contributed by atoms with Crippen LogP contribution in [-0.4, -0.2) is 32.9 Å². The van der Waals surface area contributed by atoms with Crippen LogP contribution in [-0.2, 0) is 29.0 Å². The van der Waals surface area contributed by atoms with Crippen molar-refractivity contribution in [2.24, 2.45) is 0 Å². The highest BCUT2D eigenvalue weighted by atomic mass is 32.1. The highest BCUT2D eigenvalue weighted by molar-refractivity contribution is 7.14. The van der Waals surface area contributed by atoms with Crippen molar-refractivity contribution in [2.75, 3.05) is 11.9 Å². The summed E-state index contributed by atoms with van der Waals surface area (Å²) in [7, 11) is 0. The van der Waals surface area contributed by atoms with E-state index < -0.39 is 0 Å². The minimum absolute atomic E-state index is 0.0719. The summed E-state index contributed by atoms with van der Waals surface area (Å²) in [6.45, 7) is 1.42. The van der Waals surface area contributed by atoms with Crippen molar-refractivity contribution < 1.29 is 9.59 Å². The summed E-state index contributed by atoms with van der Waals surface area (Å²) in [5.74, 6) is -0.172. The van der Waals surface area contributed by atoms with E-state index >= 15 is 0 Å². The molecule has 0 aliphatic carbocycles. The van der Waals surface area contributed by atoms with Gasteiger partial charge in [-0.1, -0.05) is 6.07 Å². The van der Waals surface area contributed by atoms with Crippen molar-refractivity contribution in [3.8, 4) is 0 Å². The first-order valence-corrected chi connectivity index (χ1v) is 9.94. The van der Waals surface area contributed by atoms with Crippen LogP contribution in [0.2, 0.25) is 0 Å². The quantitative estimate of drug-likeness (QED) is 0.550. The maximum atomic E-state index is 12.0. The Morgan fingerprint density at radius 1 is 1.19 bits per heavy atom. The van der Waals surface area contributed by atoms with E-state index in [1.54, 1.807) is 29.2 Å². The maximum absolute atomic E-state index is 12.0. The van der Waals surface area contributed by atoms with Gasteiger partial charge >= 0.3 is 0 Å². The molecule has 0 saturated carbocycles. The zero-order chi connectivity index (χ0) is 18.2. The number of thiazole rings is 1. The van der Waals surface area contributed by atoms with Crippen LogP contribution in [0.15, 0.2) is 41.6 Å². The average Bonchev–Trinajstić information content (AvgIpc) is 3.35. The molecule has 0 radical (unpaired) electrons. The SMILES string of the molecule is O=C(Cc1csc(NC(=O)Cc2cccs2)n1)NCCCn1ccnc1. The summed E-state index contributed by atoms with van der Waals surface area (Å²) >= 11 is 2.88. The van der Waals surface area contributed by atoms with Gasteiger partial charge < -0.3 is 15.2 Å². The van der Waals surface area contributed by atoms with Crippen LogP contribution in [0.1, 0.15) is 17.0 Å². The number of rotatable bonds is 9. The van der Waals surface area contributed by atoms with E-state index in [4.69, 9.17) is 0 Å². The Morgan fingerprint density at radius 2 is 2.12 bits per heavy atom. The van der Waals surface area contributed by atoms with Gasteiger partial charge in [0.05, 0.1) is 24.9 Å². The van der Waals surface area contributed by atoms with E-state index in [1.807, 2.05) is 28.3 Å². The maximum Gasteiger partial charge on any atom is 0.231 e. The summed E-state index contributed by atoms with van der Waals surface area (Å²) in [6.07, 6.45) is 6.77. The van der Waals surface area contributed by atoms with Crippen molar-refractivity contribution in [1.29, 1.82) is 0 Å².